The van der Waals surface area contributed by atoms with Crippen LogP contribution in [0.4, 0.5) is 5.69 Å². The number of imide groups is 1. The van der Waals surface area contributed by atoms with E-state index >= 15 is 0 Å². The van der Waals surface area contributed by atoms with Gasteiger partial charge in [-0.25, -0.2) is 4.79 Å². The molecule has 2 aliphatic rings. The number of fused-ring (bicyclic) bond motifs is 1. The number of anilines is 1. The second kappa shape index (κ2) is 6.35. The number of hydrogen-bond donors (Lipinski definition) is 0. The topological polar surface area (TPSA) is 84.0 Å². The number of amides is 3. The smallest absolute Gasteiger partial charge is 0.329 e. The molecule has 1 fully saturated rings. The highest BCUT2D eigenvalue weighted by Gasteiger charge is 2.42. The highest BCUT2D eigenvalue weighted by atomic mass is 16.7. The summed E-state index contributed by atoms with van der Waals surface area (Å²) in [4.78, 5) is 55.9. The van der Waals surface area contributed by atoms with Gasteiger partial charge < -0.3 is 9.74 Å². The summed E-state index contributed by atoms with van der Waals surface area (Å²) < 4.78 is 0. The van der Waals surface area contributed by atoms with E-state index in [1.165, 1.54) is 17.0 Å². The molecule has 7 nitrogen and oxygen atoms in total. The Balaban J connectivity index is 1.47. The molecule has 0 bridgehead atoms. The largest absolute Gasteiger partial charge is 0.338 e. The quantitative estimate of drug-likeness (QED) is 0.779. The Hall–Kier alpha value is -3.48. The predicted molar refractivity (Wildman–Crippen MR) is 94.7 cm³/mol. The molecule has 0 saturated carbocycles. The third-order valence-electron chi connectivity index (χ3n) is 4.74. The Morgan fingerprint density at radius 3 is 2.15 bits per heavy atom. The van der Waals surface area contributed by atoms with Crippen LogP contribution < -0.4 is 4.90 Å². The number of nitrogens with zero attached hydrogens (tertiary/aromatic N) is 2. The highest BCUT2D eigenvalue weighted by molar-refractivity contribution is 6.21. The average Bonchev–Trinajstić information content (AvgIpc) is 3.17. The summed E-state index contributed by atoms with van der Waals surface area (Å²) in [6.45, 7) is 2.09. The van der Waals surface area contributed by atoms with Crippen LogP contribution in [-0.4, -0.2) is 35.3 Å². The van der Waals surface area contributed by atoms with Gasteiger partial charge in [0, 0.05) is 18.7 Å². The number of carbonyl (C=O) groups excluding carboxylic acids is 4. The average molecular weight is 364 g/mol. The van der Waals surface area contributed by atoms with Crippen LogP contribution in [0, 0.1) is 12.8 Å². The fraction of sp³-hybridized carbons (Fsp3) is 0.200. The van der Waals surface area contributed by atoms with Crippen LogP contribution in [0.3, 0.4) is 0 Å². The third kappa shape index (κ3) is 2.87. The van der Waals surface area contributed by atoms with Gasteiger partial charge in [-0.05, 0) is 31.2 Å². The van der Waals surface area contributed by atoms with Crippen molar-refractivity contribution in [1.29, 1.82) is 0 Å². The molecular weight excluding hydrogens is 348 g/mol. The number of benzene rings is 2. The second-order valence-corrected chi connectivity index (χ2v) is 6.60. The first-order chi connectivity index (χ1) is 13.0. The summed E-state index contributed by atoms with van der Waals surface area (Å²) in [5, 5.41) is 0.478. The molecule has 1 atom stereocenters. The number of hydroxylamine groups is 2. The van der Waals surface area contributed by atoms with E-state index in [0.29, 0.717) is 10.8 Å². The fourth-order valence-corrected chi connectivity index (χ4v) is 3.25. The van der Waals surface area contributed by atoms with Crippen LogP contribution in [0.2, 0.25) is 0 Å². The Kier molecular flexibility index (Phi) is 3.99. The molecule has 1 unspecified atom stereocenters. The van der Waals surface area contributed by atoms with Crippen molar-refractivity contribution in [3.63, 3.8) is 0 Å². The van der Waals surface area contributed by atoms with Crippen molar-refractivity contribution in [2.75, 3.05) is 11.4 Å². The number of hydrogen-bond acceptors (Lipinski definition) is 5. The van der Waals surface area contributed by atoms with Crippen molar-refractivity contribution in [2.24, 2.45) is 5.92 Å². The molecule has 2 aliphatic heterocycles. The van der Waals surface area contributed by atoms with Gasteiger partial charge >= 0.3 is 5.97 Å². The lowest BCUT2D eigenvalue weighted by molar-refractivity contribution is -0.173. The van der Waals surface area contributed by atoms with Crippen LogP contribution in [-0.2, 0) is 14.4 Å². The second-order valence-electron chi connectivity index (χ2n) is 6.60. The van der Waals surface area contributed by atoms with Crippen LogP contribution >= 0.6 is 0 Å². The molecule has 0 spiro atoms. The van der Waals surface area contributed by atoms with Gasteiger partial charge in [-0.1, -0.05) is 34.9 Å². The van der Waals surface area contributed by atoms with E-state index in [1.54, 1.807) is 12.1 Å². The van der Waals surface area contributed by atoms with E-state index in [-0.39, 0.29) is 30.0 Å². The maximum atomic E-state index is 12.5. The fourth-order valence-electron chi connectivity index (χ4n) is 3.25. The van der Waals surface area contributed by atoms with Gasteiger partial charge in [0.05, 0.1) is 17.0 Å². The zero-order valence-electron chi connectivity index (χ0n) is 14.5. The third-order valence-corrected chi connectivity index (χ3v) is 4.74. The lowest BCUT2D eigenvalue weighted by atomic mass is 10.1. The summed E-state index contributed by atoms with van der Waals surface area (Å²) >= 11 is 0. The SMILES string of the molecule is Cc1ccc(N2CC(C(=O)ON3C(=O)c4ccccc4C3=O)CC2=O)cc1. The molecule has 136 valence electrons. The molecule has 27 heavy (non-hydrogen) atoms. The van der Waals surface area contributed by atoms with Crippen LogP contribution in [0.1, 0.15) is 32.7 Å². The standard InChI is InChI=1S/C20H16N2O5/c1-12-6-8-14(9-7-12)21-11-13(10-17(21)23)20(26)27-22-18(24)15-4-2-3-5-16(15)19(22)25/h2-9,13H,10-11H2,1H3. The number of rotatable bonds is 3. The van der Waals surface area contributed by atoms with E-state index in [1.807, 2.05) is 31.2 Å². The number of carbonyl (C=O) groups is 4. The molecule has 1 saturated heterocycles. The van der Waals surface area contributed by atoms with Crippen molar-refractivity contribution in [3.8, 4) is 0 Å². The molecule has 2 aromatic rings. The van der Waals surface area contributed by atoms with Gasteiger partial charge in [-0.15, -0.1) is 0 Å². The first kappa shape index (κ1) is 17.0. The summed E-state index contributed by atoms with van der Waals surface area (Å²) in [7, 11) is 0. The van der Waals surface area contributed by atoms with Crippen molar-refractivity contribution in [2.45, 2.75) is 13.3 Å². The lowest BCUT2D eigenvalue weighted by Gasteiger charge is -2.18. The zero-order valence-corrected chi connectivity index (χ0v) is 14.5. The maximum Gasteiger partial charge on any atom is 0.338 e. The molecule has 0 aromatic heterocycles. The normalized spacial score (nSPS) is 18.9. The molecule has 0 aliphatic carbocycles. The minimum absolute atomic E-state index is 0.0319. The molecule has 0 N–H and O–H groups in total. The minimum Gasteiger partial charge on any atom is -0.329 e. The Bertz CT molecular complexity index is 932. The van der Waals surface area contributed by atoms with Gasteiger partial charge in [0.1, 0.15) is 0 Å². The summed E-state index contributed by atoms with van der Waals surface area (Å²) in [5.41, 5.74) is 2.15. The lowest BCUT2D eigenvalue weighted by Crippen LogP contribution is -2.36. The molecule has 4 rings (SSSR count). The van der Waals surface area contributed by atoms with Crippen molar-refractivity contribution >= 4 is 29.4 Å². The zero-order chi connectivity index (χ0) is 19.1. The number of aryl methyl sites for hydroxylation is 1. The Labute approximate surface area is 155 Å². The van der Waals surface area contributed by atoms with Crippen LogP contribution in [0.25, 0.3) is 0 Å². The minimum atomic E-state index is -0.771. The van der Waals surface area contributed by atoms with E-state index in [0.717, 1.165) is 5.56 Å². The maximum absolute atomic E-state index is 12.5. The first-order valence-electron chi connectivity index (χ1n) is 8.52. The monoisotopic (exact) mass is 364 g/mol. The Morgan fingerprint density at radius 1 is 0.963 bits per heavy atom. The molecular formula is C20H16N2O5. The van der Waals surface area contributed by atoms with E-state index < -0.39 is 23.7 Å². The predicted octanol–water partition coefficient (Wildman–Crippen LogP) is 2.10. The molecule has 0 radical (unpaired) electrons. The van der Waals surface area contributed by atoms with Crippen molar-refractivity contribution < 1.29 is 24.0 Å². The van der Waals surface area contributed by atoms with Gasteiger partial charge in [0.2, 0.25) is 5.91 Å². The molecule has 2 aromatic carbocycles. The van der Waals surface area contributed by atoms with E-state index in [4.69, 9.17) is 4.84 Å². The Morgan fingerprint density at radius 2 is 1.56 bits per heavy atom. The molecule has 2 heterocycles. The van der Waals surface area contributed by atoms with Gasteiger partial charge in [-0.2, -0.15) is 0 Å². The summed E-state index contributed by atoms with van der Waals surface area (Å²) in [5.74, 6) is -3.08. The highest BCUT2D eigenvalue weighted by Crippen LogP contribution is 2.28. The first-order valence-corrected chi connectivity index (χ1v) is 8.52. The molecule has 7 heteroatoms. The van der Waals surface area contributed by atoms with Crippen molar-refractivity contribution in [3.05, 3.63) is 65.2 Å². The molecule has 3 amide bonds. The van der Waals surface area contributed by atoms with Crippen LogP contribution in [0.5, 0.6) is 0 Å². The summed E-state index contributed by atoms with van der Waals surface area (Å²) in [6.07, 6.45) is -0.0319. The van der Waals surface area contributed by atoms with E-state index in [9.17, 15) is 19.2 Å². The van der Waals surface area contributed by atoms with Crippen molar-refractivity contribution in [1.82, 2.24) is 5.06 Å². The van der Waals surface area contributed by atoms with Gasteiger partial charge in [-0.3, -0.25) is 14.4 Å². The van der Waals surface area contributed by atoms with E-state index in [2.05, 4.69) is 0 Å². The summed E-state index contributed by atoms with van der Waals surface area (Å²) in [6, 6.07) is 13.6. The van der Waals surface area contributed by atoms with Gasteiger partial charge in [0.15, 0.2) is 0 Å². The van der Waals surface area contributed by atoms with Gasteiger partial charge in [0.25, 0.3) is 11.8 Å². The van der Waals surface area contributed by atoms with Crippen LogP contribution in [0.15, 0.2) is 48.5 Å².